The van der Waals surface area contributed by atoms with Gasteiger partial charge in [-0.1, -0.05) is 30.3 Å². The number of carboxylic acids is 1. The van der Waals surface area contributed by atoms with Gasteiger partial charge in [-0.3, -0.25) is 9.69 Å². The van der Waals surface area contributed by atoms with Gasteiger partial charge >= 0.3 is 12.1 Å². The summed E-state index contributed by atoms with van der Waals surface area (Å²) in [6.45, 7) is 1.62. The van der Waals surface area contributed by atoms with Gasteiger partial charge in [0.1, 0.15) is 30.1 Å². The molecule has 9 nitrogen and oxygen atoms in total. The summed E-state index contributed by atoms with van der Waals surface area (Å²) in [5.41, 5.74) is 2.43. The number of aliphatic carboxylic acids is 1. The van der Waals surface area contributed by atoms with Crippen LogP contribution in [0.2, 0.25) is 0 Å². The smallest absolute Gasteiger partial charge is 0.416 e. The number of carbonyl (C=O) groups excluding carboxylic acids is 1. The normalized spacial score (nSPS) is 11.4. The van der Waals surface area contributed by atoms with Gasteiger partial charge in [-0.25, -0.2) is 9.78 Å². The molecule has 0 saturated carbocycles. The fraction of sp³-hybridized carbons (Fsp3) is 0.207. The Morgan fingerprint density at radius 1 is 0.947 bits per heavy atom. The first-order chi connectivity index (χ1) is 18.4. The van der Waals surface area contributed by atoms with E-state index in [1.54, 1.807) is 61.7 Å². The molecule has 38 heavy (non-hydrogen) atoms. The van der Waals surface area contributed by atoms with Crippen LogP contribution in [0.1, 0.15) is 24.2 Å². The third kappa shape index (κ3) is 6.91. The Morgan fingerprint density at radius 2 is 1.61 bits per heavy atom. The summed E-state index contributed by atoms with van der Waals surface area (Å²) in [6.07, 6.45) is 1.42. The van der Waals surface area contributed by atoms with E-state index in [0.717, 1.165) is 21.7 Å². The number of amides is 1. The fourth-order valence-corrected chi connectivity index (χ4v) is 3.74. The Balaban J connectivity index is 1.34. The van der Waals surface area contributed by atoms with E-state index in [9.17, 15) is 14.7 Å². The predicted octanol–water partition coefficient (Wildman–Crippen LogP) is 5.62. The SMILES string of the molecule is COc1ccc(OC(=O)N(CC(=O)O)C(C)c2ccc(OCCc3coc(-c4ccccc4)n3)cc2)cc1. The molecule has 196 valence electrons. The number of ether oxygens (including phenoxy) is 3. The van der Waals surface area contributed by atoms with Crippen LogP contribution in [0, 0.1) is 0 Å². The molecule has 4 rings (SSSR count). The lowest BCUT2D eigenvalue weighted by Gasteiger charge is -2.27. The highest BCUT2D eigenvalue weighted by atomic mass is 16.6. The van der Waals surface area contributed by atoms with Gasteiger partial charge in [0.2, 0.25) is 5.89 Å². The largest absolute Gasteiger partial charge is 0.497 e. The van der Waals surface area contributed by atoms with Crippen LogP contribution in [0.4, 0.5) is 4.79 Å². The van der Waals surface area contributed by atoms with Gasteiger partial charge in [0.05, 0.1) is 25.5 Å². The Hall–Kier alpha value is -4.79. The van der Waals surface area contributed by atoms with Crippen LogP contribution in [0.3, 0.4) is 0 Å². The molecule has 0 saturated heterocycles. The highest BCUT2D eigenvalue weighted by Gasteiger charge is 2.26. The van der Waals surface area contributed by atoms with Crippen molar-refractivity contribution in [2.45, 2.75) is 19.4 Å². The molecule has 0 aliphatic rings. The van der Waals surface area contributed by atoms with Crippen LogP contribution in [-0.4, -0.2) is 47.3 Å². The van der Waals surface area contributed by atoms with Gasteiger partial charge < -0.3 is 23.7 Å². The molecule has 4 aromatic rings. The van der Waals surface area contributed by atoms with E-state index in [1.807, 2.05) is 30.3 Å². The van der Waals surface area contributed by atoms with Crippen molar-refractivity contribution in [3.8, 4) is 28.7 Å². The quantitative estimate of drug-likeness (QED) is 0.274. The summed E-state index contributed by atoms with van der Waals surface area (Å²) in [5, 5.41) is 9.37. The van der Waals surface area contributed by atoms with Gasteiger partial charge in [-0.05, 0) is 61.0 Å². The maximum atomic E-state index is 12.8. The van der Waals surface area contributed by atoms with Crippen LogP contribution in [0.25, 0.3) is 11.5 Å². The molecule has 1 aromatic heterocycles. The van der Waals surface area contributed by atoms with Crippen molar-refractivity contribution >= 4 is 12.1 Å². The molecule has 0 aliphatic carbocycles. The minimum Gasteiger partial charge on any atom is -0.497 e. The molecule has 0 spiro atoms. The molecule has 0 radical (unpaired) electrons. The Morgan fingerprint density at radius 3 is 2.26 bits per heavy atom. The molecule has 0 bridgehead atoms. The van der Waals surface area contributed by atoms with E-state index in [4.69, 9.17) is 18.6 Å². The Kier molecular flexibility index (Phi) is 8.61. The van der Waals surface area contributed by atoms with E-state index in [-0.39, 0.29) is 5.75 Å². The Bertz CT molecular complexity index is 1340. The van der Waals surface area contributed by atoms with Gasteiger partial charge in [0.15, 0.2) is 0 Å². The van der Waals surface area contributed by atoms with Crippen LogP contribution >= 0.6 is 0 Å². The zero-order valence-corrected chi connectivity index (χ0v) is 21.1. The Labute approximate surface area is 220 Å². The lowest BCUT2D eigenvalue weighted by molar-refractivity contribution is -0.138. The fourth-order valence-electron chi connectivity index (χ4n) is 3.74. The summed E-state index contributed by atoms with van der Waals surface area (Å²) < 4.78 is 21.9. The van der Waals surface area contributed by atoms with Gasteiger partial charge in [-0.2, -0.15) is 0 Å². The molecular weight excluding hydrogens is 488 g/mol. The van der Waals surface area contributed by atoms with E-state index >= 15 is 0 Å². The van der Waals surface area contributed by atoms with E-state index in [0.29, 0.717) is 30.4 Å². The predicted molar refractivity (Wildman–Crippen MR) is 139 cm³/mol. The molecule has 1 unspecified atom stereocenters. The molecular formula is C29H28N2O7. The standard InChI is InChI=1S/C29H28N2O7/c1-20(31(18-27(32)33)29(34)38-26-14-12-24(35-2)13-15-26)21-8-10-25(11-9-21)36-17-16-23-19-37-28(30-23)22-6-4-3-5-7-22/h3-15,19-20H,16-18H2,1-2H3,(H,32,33). The summed E-state index contributed by atoms with van der Waals surface area (Å²) in [7, 11) is 1.53. The van der Waals surface area contributed by atoms with E-state index < -0.39 is 24.6 Å². The second-order valence-electron chi connectivity index (χ2n) is 8.42. The minimum atomic E-state index is -1.15. The number of methoxy groups -OCH3 is 1. The summed E-state index contributed by atoms with van der Waals surface area (Å²) in [6, 6.07) is 22.7. The number of aromatic nitrogens is 1. The molecule has 1 heterocycles. The number of benzene rings is 3. The third-order valence-electron chi connectivity index (χ3n) is 5.83. The van der Waals surface area contributed by atoms with Crippen LogP contribution in [0.5, 0.6) is 17.2 Å². The van der Waals surface area contributed by atoms with Crippen molar-refractivity contribution in [2.24, 2.45) is 0 Å². The molecule has 1 amide bonds. The van der Waals surface area contributed by atoms with Crippen molar-refractivity contribution < 1.29 is 33.3 Å². The zero-order chi connectivity index (χ0) is 26.9. The number of carboxylic acid groups (broad SMARTS) is 1. The van der Waals surface area contributed by atoms with Crippen molar-refractivity contribution in [3.63, 3.8) is 0 Å². The van der Waals surface area contributed by atoms with Gasteiger partial charge in [0.25, 0.3) is 0 Å². The maximum Gasteiger partial charge on any atom is 0.416 e. The lowest BCUT2D eigenvalue weighted by atomic mass is 10.1. The monoisotopic (exact) mass is 516 g/mol. The van der Waals surface area contributed by atoms with Crippen molar-refractivity contribution in [1.29, 1.82) is 0 Å². The number of carbonyl (C=O) groups is 2. The van der Waals surface area contributed by atoms with Crippen molar-refractivity contribution in [1.82, 2.24) is 9.88 Å². The zero-order valence-electron chi connectivity index (χ0n) is 21.1. The first-order valence-electron chi connectivity index (χ1n) is 12.0. The summed E-state index contributed by atoms with van der Waals surface area (Å²) in [5.74, 6) is 0.950. The lowest BCUT2D eigenvalue weighted by Crippen LogP contribution is -2.39. The van der Waals surface area contributed by atoms with E-state index in [2.05, 4.69) is 4.98 Å². The van der Waals surface area contributed by atoms with Crippen LogP contribution in [-0.2, 0) is 11.2 Å². The third-order valence-corrected chi connectivity index (χ3v) is 5.83. The molecule has 0 fully saturated rings. The van der Waals surface area contributed by atoms with Crippen LogP contribution < -0.4 is 14.2 Å². The topological polar surface area (TPSA) is 111 Å². The van der Waals surface area contributed by atoms with Crippen LogP contribution in [0.15, 0.2) is 89.5 Å². The first-order valence-corrected chi connectivity index (χ1v) is 12.0. The number of nitrogens with zero attached hydrogens (tertiary/aromatic N) is 2. The number of hydrogen-bond donors (Lipinski definition) is 1. The molecule has 9 heteroatoms. The van der Waals surface area contributed by atoms with Gasteiger partial charge in [0, 0.05) is 12.0 Å². The number of oxazole rings is 1. The summed E-state index contributed by atoms with van der Waals surface area (Å²) in [4.78, 5) is 29.9. The average molecular weight is 517 g/mol. The average Bonchev–Trinajstić information content (AvgIpc) is 3.41. The highest BCUT2D eigenvalue weighted by molar-refractivity contribution is 5.78. The van der Waals surface area contributed by atoms with Crippen molar-refractivity contribution in [3.05, 3.63) is 96.4 Å². The highest BCUT2D eigenvalue weighted by Crippen LogP contribution is 2.25. The molecule has 1 N–H and O–H groups in total. The molecule has 0 aliphatic heterocycles. The first kappa shape index (κ1) is 26.3. The van der Waals surface area contributed by atoms with E-state index in [1.165, 1.54) is 7.11 Å². The maximum absolute atomic E-state index is 12.8. The number of hydrogen-bond acceptors (Lipinski definition) is 7. The number of rotatable bonds is 11. The van der Waals surface area contributed by atoms with Crippen molar-refractivity contribution in [2.75, 3.05) is 20.3 Å². The van der Waals surface area contributed by atoms with Gasteiger partial charge in [-0.15, -0.1) is 0 Å². The second-order valence-corrected chi connectivity index (χ2v) is 8.42. The minimum absolute atomic E-state index is 0.283. The molecule has 3 aromatic carbocycles. The molecule has 1 atom stereocenters. The second kappa shape index (κ2) is 12.4. The summed E-state index contributed by atoms with van der Waals surface area (Å²) >= 11 is 0.